The summed E-state index contributed by atoms with van der Waals surface area (Å²) in [6, 6.07) is 8.00. The molecular formula is C15H13N7. The standard InChI is InChI=1S/C15H13N7/c1-10-13-14(21-20-10)15(18-8-17-13)19-11-2-4-12(5-3-11)22-7-6-16-9-22/h2-9H,1H3,(H,20,21)(H,17,18,19). The minimum absolute atomic E-state index is 0.685. The summed E-state index contributed by atoms with van der Waals surface area (Å²) in [4.78, 5) is 12.5. The first-order valence-electron chi connectivity index (χ1n) is 6.82. The Kier molecular flexibility index (Phi) is 2.82. The summed E-state index contributed by atoms with van der Waals surface area (Å²) in [6.45, 7) is 1.94. The second-order valence-corrected chi connectivity index (χ2v) is 4.91. The number of nitrogens with one attached hydrogen (secondary N) is 2. The van der Waals surface area contributed by atoms with Gasteiger partial charge in [0.25, 0.3) is 0 Å². The van der Waals surface area contributed by atoms with E-state index < -0.39 is 0 Å². The number of anilines is 2. The number of rotatable bonds is 3. The minimum Gasteiger partial charge on any atom is -0.338 e. The molecular weight excluding hydrogens is 278 g/mol. The average molecular weight is 291 g/mol. The van der Waals surface area contributed by atoms with Crippen molar-refractivity contribution in [2.24, 2.45) is 0 Å². The van der Waals surface area contributed by atoms with Gasteiger partial charge in [0.2, 0.25) is 0 Å². The van der Waals surface area contributed by atoms with Crippen LogP contribution in [0.5, 0.6) is 0 Å². The number of aromatic amines is 1. The summed E-state index contributed by atoms with van der Waals surface area (Å²) in [5, 5.41) is 10.4. The largest absolute Gasteiger partial charge is 0.338 e. The van der Waals surface area contributed by atoms with Crippen molar-refractivity contribution in [2.75, 3.05) is 5.32 Å². The maximum Gasteiger partial charge on any atom is 0.162 e. The van der Waals surface area contributed by atoms with E-state index in [1.54, 1.807) is 12.5 Å². The average Bonchev–Trinajstić information content (AvgIpc) is 3.19. The monoisotopic (exact) mass is 291 g/mol. The van der Waals surface area contributed by atoms with Gasteiger partial charge >= 0.3 is 0 Å². The second-order valence-electron chi connectivity index (χ2n) is 4.91. The van der Waals surface area contributed by atoms with Crippen LogP contribution in [0, 0.1) is 6.92 Å². The van der Waals surface area contributed by atoms with Gasteiger partial charge < -0.3 is 9.88 Å². The summed E-state index contributed by atoms with van der Waals surface area (Å²) < 4.78 is 1.95. The van der Waals surface area contributed by atoms with Crippen LogP contribution >= 0.6 is 0 Å². The number of nitrogens with zero attached hydrogens (tertiary/aromatic N) is 5. The topological polar surface area (TPSA) is 84.3 Å². The molecule has 0 aliphatic heterocycles. The molecule has 0 aliphatic rings. The highest BCUT2D eigenvalue weighted by Gasteiger charge is 2.09. The van der Waals surface area contributed by atoms with Crippen LogP contribution < -0.4 is 5.32 Å². The SMILES string of the molecule is Cc1[nH]nc2c(Nc3ccc(-n4ccnc4)cc3)ncnc12. The van der Waals surface area contributed by atoms with Crippen molar-refractivity contribution in [2.45, 2.75) is 6.92 Å². The molecule has 2 N–H and O–H groups in total. The molecule has 0 aliphatic carbocycles. The van der Waals surface area contributed by atoms with Crippen LogP contribution in [-0.4, -0.2) is 29.7 Å². The molecule has 0 spiro atoms. The van der Waals surface area contributed by atoms with E-state index in [4.69, 9.17) is 0 Å². The van der Waals surface area contributed by atoms with Crippen molar-refractivity contribution in [3.8, 4) is 5.69 Å². The van der Waals surface area contributed by atoms with Crippen molar-refractivity contribution in [1.82, 2.24) is 29.7 Å². The molecule has 0 saturated carbocycles. The van der Waals surface area contributed by atoms with Crippen LogP contribution in [0.4, 0.5) is 11.5 Å². The van der Waals surface area contributed by atoms with Gasteiger partial charge in [-0.05, 0) is 31.2 Å². The number of benzene rings is 1. The fourth-order valence-electron chi connectivity index (χ4n) is 2.31. The Labute approximate surface area is 126 Å². The molecule has 0 atom stereocenters. The summed E-state index contributed by atoms with van der Waals surface area (Å²) >= 11 is 0. The Bertz CT molecular complexity index is 907. The lowest BCUT2D eigenvalue weighted by molar-refractivity contribution is 1.06. The zero-order chi connectivity index (χ0) is 14.9. The predicted molar refractivity (Wildman–Crippen MR) is 83.3 cm³/mol. The number of H-pyrrole nitrogens is 1. The van der Waals surface area contributed by atoms with Crippen LogP contribution in [0.1, 0.15) is 5.69 Å². The summed E-state index contributed by atoms with van der Waals surface area (Å²) in [6.07, 6.45) is 6.96. The first-order chi connectivity index (χ1) is 10.8. The summed E-state index contributed by atoms with van der Waals surface area (Å²) in [7, 11) is 0. The molecule has 7 nitrogen and oxygen atoms in total. The third-order valence-electron chi connectivity index (χ3n) is 3.45. The van der Waals surface area contributed by atoms with Gasteiger partial charge in [0, 0.05) is 23.8 Å². The van der Waals surface area contributed by atoms with Gasteiger partial charge in [0.1, 0.15) is 11.8 Å². The Hall–Kier alpha value is -3.22. The molecule has 3 heterocycles. The van der Waals surface area contributed by atoms with Crippen molar-refractivity contribution in [1.29, 1.82) is 0 Å². The lowest BCUT2D eigenvalue weighted by Gasteiger charge is -2.07. The number of aromatic nitrogens is 6. The predicted octanol–water partition coefficient (Wildman–Crippen LogP) is 2.59. The van der Waals surface area contributed by atoms with Gasteiger partial charge in [-0.3, -0.25) is 5.10 Å². The lowest BCUT2D eigenvalue weighted by Crippen LogP contribution is -1.96. The highest BCUT2D eigenvalue weighted by molar-refractivity contribution is 5.88. The van der Waals surface area contributed by atoms with Crippen molar-refractivity contribution in [3.05, 3.63) is 55.0 Å². The van der Waals surface area contributed by atoms with Crippen LogP contribution in [-0.2, 0) is 0 Å². The van der Waals surface area contributed by atoms with Gasteiger partial charge in [0.15, 0.2) is 11.3 Å². The smallest absolute Gasteiger partial charge is 0.162 e. The number of fused-ring (bicyclic) bond motifs is 1. The molecule has 0 bridgehead atoms. The maximum atomic E-state index is 4.27. The normalized spacial score (nSPS) is 11.0. The number of aryl methyl sites for hydroxylation is 1. The zero-order valence-corrected chi connectivity index (χ0v) is 11.9. The van der Waals surface area contributed by atoms with E-state index in [9.17, 15) is 0 Å². The highest BCUT2D eigenvalue weighted by Crippen LogP contribution is 2.23. The molecule has 7 heteroatoms. The van der Waals surface area contributed by atoms with Crippen LogP contribution in [0.3, 0.4) is 0 Å². The van der Waals surface area contributed by atoms with Gasteiger partial charge in [-0.15, -0.1) is 0 Å². The molecule has 0 amide bonds. The fourth-order valence-corrected chi connectivity index (χ4v) is 2.31. The van der Waals surface area contributed by atoms with Crippen molar-refractivity contribution in [3.63, 3.8) is 0 Å². The molecule has 3 aromatic heterocycles. The Morgan fingerprint density at radius 1 is 1.09 bits per heavy atom. The molecule has 4 aromatic rings. The Morgan fingerprint density at radius 3 is 2.73 bits per heavy atom. The van der Waals surface area contributed by atoms with E-state index in [0.717, 1.165) is 28.1 Å². The second kappa shape index (κ2) is 4.96. The van der Waals surface area contributed by atoms with Crippen molar-refractivity contribution >= 4 is 22.5 Å². The molecule has 0 unspecified atom stereocenters. The third-order valence-corrected chi connectivity index (χ3v) is 3.45. The Balaban J connectivity index is 1.65. The first-order valence-corrected chi connectivity index (χ1v) is 6.82. The number of hydrogen-bond acceptors (Lipinski definition) is 5. The molecule has 108 valence electrons. The molecule has 22 heavy (non-hydrogen) atoms. The van der Waals surface area contributed by atoms with Gasteiger partial charge in [0.05, 0.1) is 12.0 Å². The lowest BCUT2D eigenvalue weighted by atomic mass is 10.2. The molecule has 0 fully saturated rings. The van der Waals surface area contributed by atoms with Crippen LogP contribution in [0.25, 0.3) is 16.7 Å². The molecule has 1 aromatic carbocycles. The van der Waals surface area contributed by atoms with E-state index in [1.165, 1.54) is 6.33 Å². The number of imidazole rings is 1. The van der Waals surface area contributed by atoms with E-state index in [2.05, 4.69) is 30.5 Å². The van der Waals surface area contributed by atoms with Crippen molar-refractivity contribution < 1.29 is 0 Å². The quantitative estimate of drug-likeness (QED) is 0.606. The van der Waals surface area contributed by atoms with E-state index >= 15 is 0 Å². The molecule has 4 rings (SSSR count). The van der Waals surface area contributed by atoms with Gasteiger partial charge in [-0.2, -0.15) is 5.10 Å². The minimum atomic E-state index is 0.685. The van der Waals surface area contributed by atoms with E-state index in [-0.39, 0.29) is 0 Å². The molecule has 0 radical (unpaired) electrons. The molecule has 0 saturated heterocycles. The van der Waals surface area contributed by atoms with E-state index in [0.29, 0.717) is 5.82 Å². The zero-order valence-electron chi connectivity index (χ0n) is 11.9. The highest BCUT2D eigenvalue weighted by atomic mass is 15.2. The maximum absolute atomic E-state index is 4.27. The van der Waals surface area contributed by atoms with Gasteiger partial charge in [-0.25, -0.2) is 15.0 Å². The van der Waals surface area contributed by atoms with Crippen LogP contribution in [0.15, 0.2) is 49.3 Å². The first kappa shape index (κ1) is 12.5. The number of hydrogen-bond donors (Lipinski definition) is 2. The summed E-state index contributed by atoms with van der Waals surface area (Å²) in [5.41, 5.74) is 4.47. The van der Waals surface area contributed by atoms with Gasteiger partial charge in [-0.1, -0.05) is 0 Å². The fraction of sp³-hybridized carbons (Fsp3) is 0.0667. The third kappa shape index (κ3) is 2.08. The Morgan fingerprint density at radius 2 is 1.95 bits per heavy atom. The summed E-state index contributed by atoms with van der Waals surface area (Å²) in [5.74, 6) is 0.685. The van der Waals surface area contributed by atoms with E-state index in [1.807, 2.05) is 42.0 Å². The van der Waals surface area contributed by atoms with Crippen LogP contribution in [0.2, 0.25) is 0 Å².